The zero-order chi connectivity index (χ0) is 13.1. The van der Waals surface area contributed by atoms with Gasteiger partial charge >= 0.3 is 0 Å². The molecule has 6 heteroatoms. The highest BCUT2D eigenvalue weighted by atomic mass is 16.5. The average Bonchev–Trinajstić information content (AvgIpc) is 2.40. The van der Waals surface area contributed by atoms with Crippen molar-refractivity contribution in [3.05, 3.63) is 45.0 Å². The minimum absolute atomic E-state index is 0.260. The van der Waals surface area contributed by atoms with E-state index in [2.05, 4.69) is 10.2 Å². The van der Waals surface area contributed by atoms with Crippen molar-refractivity contribution in [3.8, 4) is 22.6 Å². The molecule has 94 valence electrons. The van der Waals surface area contributed by atoms with E-state index in [0.717, 1.165) is 0 Å². The number of aromatic amines is 2. The van der Waals surface area contributed by atoms with Crippen molar-refractivity contribution in [2.24, 2.45) is 0 Å². The molecular formula is C12H12N2O4. The number of rotatable bonds is 3. The average molecular weight is 248 g/mol. The van der Waals surface area contributed by atoms with Gasteiger partial charge in [-0.25, -0.2) is 0 Å². The van der Waals surface area contributed by atoms with Gasteiger partial charge in [0.2, 0.25) is 0 Å². The molecule has 18 heavy (non-hydrogen) atoms. The highest BCUT2D eigenvalue weighted by molar-refractivity contribution is 5.66. The fraction of sp³-hybridized carbons (Fsp3) is 0.167. The first kappa shape index (κ1) is 12.0. The highest BCUT2D eigenvalue weighted by Crippen LogP contribution is 2.27. The summed E-state index contributed by atoms with van der Waals surface area (Å²) in [6.45, 7) is 0. The normalized spacial score (nSPS) is 10.1. The molecule has 0 aliphatic heterocycles. The first-order valence-electron chi connectivity index (χ1n) is 5.19. The molecule has 1 aromatic heterocycles. The summed E-state index contributed by atoms with van der Waals surface area (Å²) in [6, 6.07) is 6.23. The molecule has 0 fully saturated rings. The number of hydrogen-bond donors (Lipinski definition) is 2. The molecule has 0 bridgehead atoms. The molecule has 0 saturated carbocycles. The van der Waals surface area contributed by atoms with E-state index in [-0.39, 0.29) is 16.7 Å². The van der Waals surface area contributed by atoms with E-state index in [1.807, 2.05) is 0 Å². The standard InChI is InChI=1S/C12H12N2O4/c1-17-8-3-7(4-9(5-8)18-2)10-6-11(15)13-14-12(10)16/h3-6H,1-2H3,(H,13,15)(H,14,16). The third-order valence-electron chi connectivity index (χ3n) is 2.48. The van der Waals surface area contributed by atoms with Gasteiger partial charge in [-0.1, -0.05) is 0 Å². The van der Waals surface area contributed by atoms with Crippen LogP contribution in [0.1, 0.15) is 0 Å². The van der Waals surface area contributed by atoms with Gasteiger partial charge in [-0.05, 0) is 17.7 Å². The predicted molar refractivity (Wildman–Crippen MR) is 66.2 cm³/mol. The Labute approximate surface area is 102 Å². The van der Waals surface area contributed by atoms with Crippen molar-refractivity contribution in [2.45, 2.75) is 0 Å². The van der Waals surface area contributed by atoms with Crippen LogP contribution in [0.2, 0.25) is 0 Å². The Hall–Kier alpha value is -2.50. The Morgan fingerprint density at radius 2 is 1.50 bits per heavy atom. The molecular weight excluding hydrogens is 236 g/mol. The Morgan fingerprint density at radius 3 is 2.06 bits per heavy atom. The first-order valence-corrected chi connectivity index (χ1v) is 5.19. The van der Waals surface area contributed by atoms with E-state index in [0.29, 0.717) is 17.1 Å². The van der Waals surface area contributed by atoms with E-state index < -0.39 is 0 Å². The van der Waals surface area contributed by atoms with Gasteiger partial charge in [0.1, 0.15) is 11.5 Å². The molecule has 0 unspecified atom stereocenters. The van der Waals surface area contributed by atoms with Crippen molar-refractivity contribution in [1.82, 2.24) is 10.2 Å². The lowest BCUT2D eigenvalue weighted by Crippen LogP contribution is -2.19. The largest absolute Gasteiger partial charge is 0.497 e. The highest BCUT2D eigenvalue weighted by Gasteiger charge is 2.08. The summed E-state index contributed by atoms with van der Waals surface area (Å²) in [5.41, 5.74) is 0.0470. The number of ether oxygens (including phenoxy) is 2. The molecule has 0 saturated heterocycles. The topological polar surface area (TPSA) is 84.2 Å². The Balaban J connectivity index is 2.66. The maximum Gasteiger partial charge on any atom is 0.270 e. The second-order valence-corrected chi connectivity index (χ2v) is 3.60. The molecule has 6 nitrogen and oxygen atoms in total. The molecule has 2 rings (SSSR count). The molecule has 0 atom stereocenters. The number of aromatic nitrogens is 2. The molecule has 2 N–H and O–H groups in total. The van der Waals surface area contributed by atoms with Crippen LogP contribution in [0.3, 0.4) is 0 Å². The summed E-state index contributed by atoms with van der Waals surface area (Å²) < 4.78 is 10.2. The van der Waals surface area contributed by atoms with Gasteiger partial charge in [0.05, 0.1) is 19.8 Å². The van der Waals surface area contributed by atoms with Gasteiger partial charge in [-0.3, -0.25) is 19.8 Å². The number of hydrogen-bond acceptors (Lipinski definition) is 4. The van der Waals surface area contributed by atoms with Crippen LogP contribution in [0.25, 0.3) is 11.1 Å². The van der Waals surface area contributed by atoms with Crippen LogP contribution >= 0.6 is 0 Å². The lowest BCUT2D eigenvalue weighted by atomic mass is 10.1. The molecule has 0 aliphatic carbocycles. The minimum atomic E-state index is -0.384. The third kappa shape index (κ3) is 2.27. The fourth-order valence-corrected chi connectivity index (χ4v) is 1.60. The number of H-pyrrole nitrogens is 2. The summed E-state index contributed by atoms with van der Waals surface area (Å²) in [5, 5.41) is 4.48. The smallest absolute Gasteiger partial charge is 0.270 e. The van der Waals surface area contributed by atoms with Crippen molar-refractivity contribution in [3.63, 3.8) is 0 Å². The van der Waals surface area contributed by atoms with Gasteiger partial charge in [0.25, 0.3) is 11.1 Å². The van der Waals surface area contributed by atoms with Crippen LogP contribution in [0.15, 0.2) is 33.9 Å². The van der Waals surface area contributed by atoms with Gasteiger partial charge in [-0.2, -0.15) is 0 Å². The summed E-state index contributed by atoms with van der Waals surface area (Å²) in [5.74, 6) is 1.09. The molecule has 0 spiro atoms. The SMILES string of the molecule is COc1cc(OC)cc(-c2cc(=O)[nH][nH]c2=O)c1. The van der Waals surface area contributed by atoms with E-state index in [1.165, 1.54) is 20.3 Å². The molecule has 0 aliphatic rings. The van der Waals surface area contributed by atoms with Gasteiger partial charge in [0, 0.05) is 12.1 Å². The molecule has 1 aromatic carbocycles. The molecule has 0 amide bonds. The lowest BCUT2D eigenvalue weighted by Gasteiger charge is -2.07. The van der Waals surface area contributed by atoms with Crippen molar-refractivity contribution >= 4 is 0 Å². The zero-order valence-electron chi connectivity index (χ0n) is 9.94. The van der Waals surface area contributed by atoms with Crippen molar-refractivity contribution in [2.75, 3.05) is 14.2 Å². The maximum atomic E-state index is 11.7. The Bertz CT molecular complexity index is 650. The zero-order valence-corrected chi connectivity index (χ0v) is 9.94. The van der Waals surface area contributed by atoms with E-state index >= 15 is 0 Å². The second-order valence-electron chi connectivity index (χ2n) is 3.60. The van der Waals surface area contributed by atoms with E-state index in [1.54, 1.807) is 18.2 Å². The fourth-order valence-electron chi connectivity index (χ4n) is 1.60. The molecule has 1 heterocycles. The third-order valence-corrected chi connectivity index (χ3v) is 2.48. The monoisotopic (exact) mass is 248 g/mol. The maximum absolute atomic E-state index is 11.7. The lowest BCUT2D eigenvalue weighted by molar-refractivity contribution is 0.394. The van der Waals surface area contributed by atoms with Crippen molar-refractivity contribution < 1.29 is 9.47 Å². The quantitative estimate of drug-likeness (QED) is 0.839. The second kappa shape index (κ2) is 4.79. The Morgan fingerprint density at radius 1 is 0.889 bits per heavy atom. The summed E-state index contributed by atoms with van der Waals surface area (Å²) in [4.78, 5) is 22.9. The van der Waals surface area contributed by atoms with Gasteiger partial charge < -0.3 is 9.47 Å². The summed E-state index contributed by atoms with van der Waals surface area (Å²) in [7, 11) is 3.03. The Kier molecular flexibility index (Phi) is 3.18. The van der Waals surface area contributed by atoms with Gasteiger partial charge in [-0.15, -0.1) is 0 Å². The molecule has 0 radical (unpaired) electrons. The predicted octanol–water partition coefficient (Wildman–Crippen LogP) is 0.747. The summed E-state index contributed by atoms with van der Waals surface area (Å²) in [6.07, 6.45) is 0. The van der Waals surface area contributed by atoms with E-state index in [4.69, 9.17) is 9.47 Å². The van der Waals surface area contributed by atoms with Crippen LogP contribution in [0, 0.1) is 0 Å². The van der Waals surface area contributed by atoms with Crippen LogP contribution in [-0.2, 0) is 0 Å². The molecule has 2 aromatic rings. The van der Waals surface area contributed by atoms with Crippen LogP contribution in [-0.4, -0.2) is 24.4 Å². The number of methoxy groups -OCH3 is 2. The number of benzene rings is 1. The van der Waals surface area contributed by atoms with Gasteiger partial charge in [0.15, 0.2) is 0 Å². The van der Waals surface area contributed by atoms with Crippen LogP contribution < -0.4 is 20.6 Å². The van der Waals surface area contributed by atoms with Crippen molar-refractivity contribution in [1.29, 1.82) is 0 Å². The first-order chi connectivity index (χ1) is 8.63. The summed E-state index contributed by atoms with van der Waals surface area (Å²) >= 11 is 0. The minimum Gasteiger partial charge on any atom is -0.497 e. The van der Waals surface area contributed by atoms with Crippen LogP contribution in [0.5, 0.6) is 11.5 Å². The van der Waals surface area contributed by atoms with Crippen LogP contribution in [0.4, 0.5) is 0 Å². The number of nitrogens with one attached hydrogen (secondary N) is 2. The van der Waals surface area contributed by atoms with E-state index in [9.17, 15) is 9.59 Å².